The van der Waals surface area contributed by atoms with Gasteiger partial charge in [0.15, 0.2) is 0 Å². The van der Waals surface area contributed by atoms with Crippen LogP contribution in [0.1, 0.15) is 41.4 Å². The summed E-state index contributed by atoms with van der Waals surface area (Å²) in [5.41, 5.74) is 0.768. The summed E-state index contributed by atoms with van der Waals surface area (Å²) >= 11 is 0. The maximum Gasteiger partial charge on any atom is 0.338 e. The molecule has 32 heavy (non-hydrogen) atoms. The number of aliphatic hydroxyl groups excluding tert-OH is 1. The van der Waals surface area contributed by atoms with Gasteiger partial charge in [0.05, 0.1) is 42.1 Å². The standard InChI is InChI=1S/C22H22O10/c23-9-10-30-20(26)17-5-7-18(8-6-17)22(28)32-14-12-29-11-13-31-21(27)16-3-1-15(2-4-16)19(24)25/h1-8,23H,9-14H2,(H,24,25). The first-order valence-electron chi connectivity index (χ1n) is 9.55. The number of carboxylic acids is 1. The lowest BCUT2D eigenvalue weighted by Gasteiger charge is -2.08. The van der Waals surface area contributed by atoms with Gasteiger partial charge in [0.1, 0.15) is 19.8 Å². The van der Waals surface area contributed by atoms with Crippen LogP contribution in [0, 0.1) is 0 Å². The van der Waals surface area contributed by atoms with E-state index in [2.05, 4.69) is 0 Å². The molecule has 0 aliphatic heterocycles. The molecule has 170 valence electrons. The van der Waals surface area contributed by atoms with Gasteiger partial charge in [-0.1, -0.05) is 0 Å². The van der Waals surface area contributed by atoms with Gasteiger partial charge >= 0.3 is 23.9 Å². The Hall–Kier alpha value is -3.76. The predicted molar refractivity (Wildman–Crippen MR) is 109 cm³/mol. The van der Waals surface area contributed by atoms with E-state index < -0.39 is 23.9 Å². The number of hydrogen-bond donors (Lipinski definition) is 2. The zero-order chi connectivity index (χ0) is 23.3. The van der Waals surface area contributed by atoms with E-state index in [9.17, 15) is 19.2 Å². The molecule has 0 heterocycles. The first kappa shape index (κ1) is 24.5. The Morgan fingerprint density at radius 3 is 1.25 bits per heavy atom. The number of rotatable bonds is 12. The van der Waals surface area contributed by atoms with Crippen molar-refractivity contribution in [1.29, 1.82) is 0 Å². The van der Waals surface area contributed by atoms with Crippen LogP contribution in [0.25, 0.3) is 0 Å². The van der Waals surface area contributed by atoms with Gasteiger partial charge in [-0.3, -0.25) is 0 Å². The Morgan fingerprint density at radius 2 is 0.906 bits per heavy atom. The molecular weight excluding hydrogens is 424 g/mol. The second kappa shape index (κ2) is 12.8. The van der Waals surface area contributed by atoms with Crippen LogP contribution in [0.15, 0.2) is 48.5 Å². The summed E-state index contributed by atoms with van der Waals surface area (Å²) in [7, 11) is 0. The minimum absolute atomic E-state index is 0.0241. The Labute approximate surface area is 183 Å². The summed E-state index contributed by atoms with van der Waals surface area (Å²) in [4.78, 5) is 46.2. The molecule has 2 aromatic rings. The monoisotopic (exact) mass is 446 g/mol. The van der Waals surface area contributed by atoms with E-state index >= 15 is 0 Å². The molecule has 0 unspecified atom stereocenters. The van der Waals surface area contributed by atoms with Crippen LogP contribution in [0.5, 0.6) is 0 Å². The predicted octanol–water partition coefficient (Wildman–Crippen LogP) is 1.56. The molecule has 10 heteroatoms. The molecule has 2 aromatic carbocycles. The molecule has 0 aliphatic rings. The Balaban J connectivity index is 1.61. The number of benzene rings is 2. The summed E-state index contributed by atoms with van der Waals surface area (Å²) in [6, 6.07) is 11.0. The highest BCUT2D eigenvalue weighted by atomic mass is 16.6. The normalized spacial score (nSPS) is 10.3. The maximum absolute atomic E-state index is 12.0. The summed E-state index contributed by atoms with van der Waals surface area (Å²) in [5.74, 6) is -2.90. The molecule has 0 bridgehead atoms. The largest absolute Gasteiger partial charge is 0.478 e. The van der Waals surface area contributed by atoms with E-state index in [1.807, 2.05) is 0 Å². The van der Waals surface area contributed by atoms with E-state index in [1.54, 1.807) is 0 Å². The van der Waals surface area contributed by atoms with Gasteiger partial charge in [-0.15, -0.1) is 0 Å². The number of carboxylic acid groups (broad SMARTS) is 1. The van der Waals surface area contributed by atoms with Crippen LogP contribution in [-0.2, 0) is 18.9 Å². The zero-order valence-corrected chi connectivity index (χ0v) is 17.0. The fourth-order valence-corrected chi connectivity index (χ4v) is 2.37. The van der Waals surface area contributed by atoms with Gasteiger partial charge < -0.3 is 29.2 Å². The number of ether oxygens (including phenoxy) is 4. The summed E-state index contributed by atoms with van der Waals surface area (Å²) in [5, 5.41) is 17.5. The highest BCUT2D eigenvalue weighted by Gasteiger charge is 2.11. The fourth-order valence-electron chi connectivity index (χ4n) is 2.37. The number of carbonyl (C=O) groups is 4. The second-order valence-electron chi connectivity index (χ2n) is 6.20. The van der Waals surface area contributed by atoms with Gasteiger partial charge in [-0.2, -0.15) is 0 Å². The van der Waals surface area contributed by atoms with Crippen LogP contribution >= 0.6 is 0 Å². The quantitative estimate of drug-likeness (QED) is 0.280. The summed E-state index contributed by atoms with van der Waals surface area (Å²) in [6.45, 7) is -0.265. The molecule has 2 N–H and O–H groups in total. The molecule has 2 rings (SSSR count). The Bertz CT molecular complexity index is 919. The molecule has 0 aliphatic carbocycles. The van der Waals surface area contributed by atoms with Crippen molar-refractivity contribution in [1.82, 2.24) is 0 Å². The molecule has 0 radical (unpaired) electrons. The molecule has 0 fully saturated rings. The van der Waals surface area contributed by atoms with Gasteiger partial charge in [-0.25, -0.2) is 19.2 Å². The lowest BCUT2D eigenvalue weighted by atomic mass is 10.1. The lowest BCUT2D eigenvalue weighted by Crippen LogP contribution is -2.15. The Morgan fingerprint density at radius 1 is 0.562 bits per heavy atom. The third kappa shape index (κ3) is 7.82. The van der Waals surface area contributed by atoms with Crippen LogP contribution < -0.4 is 0 Å². The number of carbonyl (C=O) groups excluding carboxylic acids is 3. The summed E-state index contributed by atoms with van der Waals surface area (Å²) < 4.78 is 20.1. The molecule has 0 spiro atoms. The zero-order valence-electron chi connectivity index (χ0n) is 17.0. The van der Waals surface area contributed by atoms with Crippen molar-refractivity contribution in [3.63, 3.8) is 0 Å². The van der Waals surface area contributed by atoms with E-state index in [4.69, 9.17) is 29.2 Å². The van der Waals surface area contributed by atoms with E-state index in [-0.39, 0.29) is 61.9 Å². The van der Waals surface area contributed by atoms with Crippen molar-refractivity contribution in [3.05, 3.63) is 70.8 Å². The maximum atomic E-state index is 12.0. The Kier molecular flexibility index (Phi) is 9.82. The van der Waals surface area contributed by atoms with Gasteiger partial charge in [0.2, 0.25) is 0 Å². The van der Waals surface area contributed by atoms with Crippen LogP contribution in [0.3, 0.4) is 0 Å². The van der Waals surface area contributed by atoms with Crippen molar-refractivity contribution < 1.29 is 48.3 Å². The average Bonchev–Trinajstić information content (AvgIpc) is 2.81. The first-order valence-corrected chi connectivity index (χ1v) is 9.55. The fraction of sp³-hybridized carbons (Fsp3) is 0.273. The van der Waals surface area contributed by atoms with Gasteiger partial charge in [-0.05, 0) is 48.5 Å². The molecular formula is C22H22O10. The van der Waals surface area contributed by atoms with Crippen LogP contribution in [0.4, 0.5) is 0 Å². The minimum atomic E-state index is -1.09. The number of aromatic carboxylic acids is 1. The number of aliphatic hydroxyl groups is 1. The SMILES string of the molecule is O=C(O)c1ccc(C(=O)OCCOCCOC(=O)c2ccc(C(=O)OCCO)cc2)cc1. The van der Waals surface area contributed by atoms with Crippen molar-refractivity contribution >= 4 is 23.9 Å². The summed E-state index contributed by atoms with van der Waals surface area (Å²) in [6.07, 6.45) is 0. The van der Waals surface area contributed by atoms with Crippen molar-refractivity contribution in [2.45, 2.75) is 0 Å². The van der Waals surface area contributed by atoms with Crippen LogP contribution in [-0.4, -0.2) is 73.7 Å². The number of hydrogen-bond acceptors (Lipinski definition) is 9. The molecule has 0 amide bonds. The van der Waals surface area contributed by atoms with Crippen molar-refractivity contribution in [2.75, 3.05) is 39.6 Å². The van der Waals surface area contributed by atoms with Crippen molar-refractivity contribution in [3.8, 4) is 0 Å². The van der Waals surface area contributed by atoms with E-state index in [1.165, 1.54) is 48.5 Å². The molecule has 0 saturated heterocycles. The average molecular weight is 446 g/mol. The van der Waals surface area contributed by atoms with Gasteiger partial charge in [0, 0.05) is 0 Å². The molecule has 0 atom stereocenters. The third-order valence-corrected chi connectivity index (χ3v) is 3.97. The number of esters is 3. The third-order valence-electron chi connectivity index (χ3n) is 3.97. The molecule has 10 nitrogen and oxygen atoms in total. The van der Waals surface area contributed by atoms with Crippen molar-refractivity contribution in [2.24, 2.45) is 0 Å². The van der Waals surface area contributed by atoms with Gasteiger partial charge in [0.25, 0.3) is 0 Å². The highest BCUT2D eigenvalue weighted by molar-refractivity contribution is 5.93. The molecule has 0 aromatic heterocycles. The second-order valence-corrected chi connectivity index (χ2v) is 6.20. The van der Waals surface area contributed by atoms with Crippen LogP contribution in [0.2, 0.25) is 0 Å². The molecule has 0 saturated carbocycles. The highest BCUT2D eigenvalue weighted by Crippen LogP contribution is 2.08. The lowest BCUT2D eigenvalue weighted by molar-refractivity contribution is 0.0150. The van der Waals surface area contributed by atoms with E-state index in [0.29, 0.717) is 0 Å². The first-order chi connectivity index (χ1) is 15.4. The van der Waals surface area contributed by atoms with E-state index in [0.717, 1.165) is 0 Å². The topological polar surface area (TPSA) is 146 Å². The smallest absolute Gasteiger partial charge is 0.338 e. The minimum Gasteiger partial charge on any atom is -0.478 e.